The summed E-state index contributed by atoms with van der Waals surface area (Å²) in [7, 11) is 0. The molecule has 21 heavy (non-hydrogen) atoms. The Morgan fingerprint density at radius 3 is 2.29 bits per heavy atom. The van der Waals surface area contributed by atoms with Crippen LogP contribution in [0.2, 0.25) is 0 Å². The zero-order chi connectivity index (χ0) is 16.0. The summed E-state index contributed by atoms with van der Waals surface area (Å²) in [6, 6.07) is 0. The standard InChI is InChI=1S/C15H26N2O4/c1-3-5-6-17(9-13(16)18)14(19)11-7-10(4-2)8-12(11)15(20)21/h10-12H,3-9H2,1-2H3,(H2,16,18)(H,20,21). The Morgan fingerprint density at radius 2 is 1.81 bits per heavy atom. The molecule has 0 bridgehead atoms. The van der Waals surface area contributed by atoms with Gasteiger partial charge >= 0.3 is 5.97 Å². The van der Waals surface area contributed by atoms with Crippen molar-refractivity contribution in [2.24, 2.45) is 23.5 Å². The highest BCUT2D eigenvalue weighted by molar-refractivity contribution is 5.88. The lowest BCUT2D eigenvalue weighted by Crippen LogP contribution is -2.44. The van der Waals surface area contributed by atoms with Crippen LogP contribution in [0.1, 0.15) is 46.0 Å². The predicted octanol–water partition coefficient (Wildman–Crippen LogP) is 1.24. The SMILES string of the molecule is CCCCN(CC(N)=O)C(=O)C1CC(CC)CC1C(=O)O. The molecule has 0 heterocycles. The molecular formula is C15H26N2O4. The Bertz CT molecular complexity index is 397. The summed E-state index contributed by atoms with van der Waals surface area (Å²) in [5.74, 6) is -2.61. The number of unbranched alkanes of at least 4 members (excludes halogenated alkanes) is 1. The Morgan fingerprint density at radius 1 is 1.19 bits per heavy atom. The van der Waals surface area contributed by atoms with Gasteiger partial charge in [-0.25, -0.2) is 0 Å². The predicted molar refractivity (Wildman–Crippen MR) is 78.3 cm³/mol. The molecule has 6 nitrogen and oxygen atoms in total. The Labute approximate surface area is 125 Å². The van der Waals surface area contributed by atoms with E-state index in [2.05, 4.69) is 0 Å². The second kappa shape index (κ2) is 8.00. The lowest BCUT2D eigenvalue weighted by molar-refractivity contribution is -0.149. The van der Waals surface area contributed by atoms with Gasteiger partial charge in [-0.1, -0.05) is 26.7 Å². The van der Waals surface area contributed by atoms with Crippen LogP contribution in [0.25, 0.3) is 0 Å². The molecule has 1 aliphatic carbocycles. The van der Waals surface area contributed by atoms with Gasteiger partial charge in [0.15, 0.2) is 0 Å². The summed E-state index contributed by atoms with van der Waals surface area (Å²) in [4.78, 5) is 36.6. The van der Waals surface area contributed by atoms with Gasteiger partial charge in [-0.05, 0) is 25.2 Å². The zero-order valence-electron chi connectivity index (χ0n) is 12.9. The van der Waals surface area contributed by atoms with Gasteiger partial charge in [0.1, 0.15) is 0 Å². The van der Waals surface area contributed by atoms with E-state index in [9.17, 15) is 19.5 Å². The van der Waals surface area contributed by atoms with Crippen molar-refractivity contribution in [3.8, 4) is 0 Å². The van der Waals surface area contributed by atoms with Crippen LogP contribution in [0.3, 0.4) is 0 Å². The van der Waals surface area contributed by atoms with E-state index < -0.39 is 23.7 Å². The van der Waals surface area contributed by atoms with Crippen molar-refractivity contribution in [2.45, 2.75) is 46.0 Å². The first kappa shape index (κ1) is 17.5. The Kier molecular flexibility index (Phi) is 6.65. The van der Waals surface area contributed by atoms with Crippen LogP contribution in [-0.4, -0.2) is 40.9 Å². The van der Waals surface area contributed by atoms with Crippen molar-refractivity contribution >= 4 is 17.8 Å². The number of carbonyl (C=O) groups is 3. The molecule has 1 rings (SSSR count). The normalized spacial score (nSPS) is 24.8. The maximum absolute atomic E-state index is 12.6. The van der Waals surface area contributed by atoms with Gasteiger partial charge in [-0.3, -0.25) is 14.4 Å². The van der Waals surface area contributed by atoms with Crippen molar-refractivity contribution in [2.75, 3.05) is 13.1 Å². The molecule has 0 aliphatic heterocycles. The molecule has 0 radical (unpaired) electrons. The van der Waals surface area contributed by atoms with E-state index in [-0.39, 0.29) is 18.4 Å². The van der Waals surface area contributed by atoms with Gasteiger partial charge in [-0.15, -0.1) is 0 Å². The van der Waals surface area contributed by atoms with Crippen molar-refractivity contribution in [3.05, 3.63) is 0 Å². The maximum Gasteiger partial charge on any atom is 0.307 e. The summed E-state index contributed by atoms with van der Waals surface area (Å²) < 4.78 is 0. The Balaban J connectivity index is 2.84. The van der Waals surface area contributed by atoms with E-state index in [0.717, 1.165) is 19.3 Å². The third-order valence-corrected chi connectivity index (χ3v) is 4.31. The smallest absolute Gasteiger partial charge is 0.307 e. The highest BCUT2D eigenvalue weighted by atomic mass is 16.4. The number of aliphatic carboxylic acids is 1. The molecule has 0 aromatic rings. The number of rotatable bonds is 8. The van der Waals surface area contributed by atoms with Gasteiger partial charge in [0, 0.05) is 6.54 Å². The summed E-state index contributed by atoms with van der Waals surface area (Å²) in [6.07, 6.45) is 3.68. The number of nitrogens with zero attached hydrogens (tertiary/aromatic N) is 1. The molecule has 6 heteroatoms. The van der Waals surface area contributed by atoms with Crippen LogP contribution >= 0.6 is 0 Å². The number of carboxylic acid groups (broad SMARTS) is 1. The van der Waals surface area contributed by atoms with Gasteiger partial charge in [0.2, 0.25) is 11.8 Å². The molecule has 3 unspecified atom stereocenters. The van der Waals surface area contributed by atoms with Crippen LogP contribution in [0.4, 0.5) is 0 Å². The van der Waals surface area contributed by atoms with Gasteiger partial charge in [0.25, 0.3) is 0 Å². The minimum absolute atomic E-state index is 0.127. The summed E-state index contributed by atoms with van der Waals surface area (Å²) in [6.45, 7) is 4.33. The fourth-order valence-electron chi connectivity index (χ4n) is 3.06. The molecule has 0 aromatic heterocycles. The molecule has 0 spiro atoms. The number of carbonyl (C=O) groups excluding carboxylic acids is 2. The van der Waals surface area contributed by atoms with Crippen molar-refractivity contribution < 1.29 is 19.5 Å². The second-order valence-electron chi connectivity index (χ2n) is 5.88. The molecule has 1 aliphatic rings. The van der Waals surface area contributed by atoms with Crippen molar-refractivity contribution in [1.82, 2.24) is 4.90 Å². The number of primary amides is 1. The summed E-state index contributed by atoms with van der Waals surface area (Å²) >= 11 is 0. The fourth-order valence-corrected chi connectivity index (χ4v) is 3.06. The van der Waals surface area contributed by atoms with Gasteiger partial charge < -0.3 is 15.7 Å². The first-order valence-electron chi connectivity index (χ1n) is 7.70. The lowest BCUT2D eigenvalue weighted by atomic mass is 9.94. The first-order valence-corrected chi connectivity index (χ1v) is 7.70. The molecule has 0 saturated heterocycles. The van der Waals surface area contributed by atoms with Gasteiger partial charge in [-0.2, -0.15) is 0 Å². The van der Waals surface area contributed by atoms with E-state index in [4.69, 9.17) is 5.73 Å². The zero-order valence-corrected chi connectivity index (χ0v) is 12.9. The van der Waals surface area contributed by atoms with Crippen LogP contribution in [0.15, 0.2) is 0 Å². The average Bonchev–Trinajstić information content (AvgIpc) is 2.86. The summed E-state index contributed by atoms with van der Waals surface area (Å²) in [5.41, 5.74) is 5.20. The highest BCUT2D eigenvalue weighted by Gasteiger charge is 2.43. The van der Waals surface area contributed by atoms with E-state index in [1.54, 1.807) is 0 Å². The topological polar surface area (TPSA) is 101 Å². The van der Waals surface area contributed by atoms with Crippen LogP contribution < -0.4 is 5.73 Å². The minimum atomic E-state index is -0.918. The van der Waals surface area contributed by atoms with Crippen LogP contribution in [0.5, 0.6) is 0 Å². The van der Waals surface area contributed by atoms with Crippen LogP contribution in [-0.2, 0) is 14.4 Å². The second-order valence-corrected chi connectivity index (χ2v) is 5.88. The quantitative estimate of drug-likeness (QED) is 0.704. The van der Waals surface area contributed by atoms with E-state index in [0.29, 0.717) is 19.4 Å². The molecule has 2 amide bonds. The van der Waals surface area contributed by atoms with E-state index in [1.165, 1.54) is 4.90 Å². The molecule has 0 aromatic carbocycles. The largest absolute Gasteiger partial charge is 0.481 e. The monoisotopic (exact) mass is 298 g/mol. The molecule has 1 fully saturated rings. The summed E-state index contributed by atoms with van der Waals surface area (Å²) in [5, 5.41) is 9.32. The maximum atomic E-state index is 12.6. The van der Waals surface area contributed by atoms with Crippen molar-refractivity contribution in [1.29, 1.82) is 0 Å². The van der Waals surface area contributed by atoms with Crippen LogP contribution in [0, 0.1) is 17.8 Å². The Hall–Kier alpha value is -1.59. The number of nitrogens with two attached hydrogens (primary N) is 1. The molecule has 120 valence electrons. The average molecular weight is 298 g/mol. The number of amides is 2. The molecule has 3 atom stereocenters. The first-order chi connectivity index (χ1) is 9.90. The fraction of sp³-hybridized carbons (Fsp3) is 0.800. The molecular weight excluding hydrogens is 272 g/mol. The van der Waals surface area contributed by atoms with Crippen molar-refractivity contribution in [3.63, 3.8) is 0 Å². The van der Waals surface area contributed by atoms with E-state index >= 15 is 0 Å². The van der Waals surface area contributed by atoms with Gasteiger partial charge in [0.05, 0.1) is 18.4 Å². The minimum Gasteiger partial charge on any atom is -0.481 e. The van der Waals surface area contributed by atoms with E-state index in [1.807, 2.05) is 13.8 Å². The third-order valence-electron chi connectivity index (χ3n) is 4.31. The molecule has 3 N–H and O–H groups in total. The molecule has 1 saturated carbocycles. The highest BCUT2D eigenvalue weighted by Crippen LogP contribution is 2.39. The third kappa shape index (κ3) is 4.72. The number of hydrogen-bond donors (Lipinski definition) is 2. The number of carboxylic acids is 1. The lowest BCUT2D eigenvalue weighted by Gasteiger charge is -2.26. The number of hydrogen-bond acceptors (Lipinski definition) is 3.